The van der Waals surface area contributed by atoms with Gasteiger partial charge in [-0.05, 0) is 42.5 Å². The van der Waals surface area contributed by atoms with Crippen molar-refractivity contribution in [1.29, 1.82) is 0 Å². The van der Waals surface area contributed by atoms with Gasteiger partial charge < -0.3 is 10.6 Å². The lowest BCUT2D eigenvalue weighted by Gasteiger charge is -2.38. The highest BCUT2D eigenvalue weighted by Crippen LogP contribution is 2.23. The summed E-state index contributed by atoms with van der Waals surface area (Å²) >= 11 is 0. The molecule has 2 N–H and O–H groups in total. The molecule has 0 saturated carbocycles. The fraction of sp³-hybridized carbons (Fsp3) is 0.421. The smallest absolute Gasteiger partial charge is 0.227 e. The summed E-state index contributed by atoms with van der Waals surface area (Å²) in [5.41, 5.74) is 7.19. The van der Waals surface area contributed by atoms with Crippen molar-refractivity contribution in [2.45, 2.75) is 44.7 Å². The van der Waals surface area contributed by atoms with Gasteiger partial charge >= 0.3 is 0 Å². The first-order valence-corrected chi connectivity index (χ1v) is 8.18. The van der Waals surface area contributed by atoms with Crippen molar-refractivity contribution in [1.82, 2.24) is 4.90 Å². The lowest BCUT2D eigenvalue weighted by Crippen LogP contribution is -2.52. The van der Waals surface area contributed by atoms with Crippen molar-refractivity contribution in [3.8, 4) is 0 Å². The fourth-order valence-corrected chi connectivity index (χ4v) is 3.52. The molecule has 0 bridgehead atoms. The van der Waals surface area contributed by atoms with Gasteiger partial charge in [0.1, 0.15) is 0 Å². The van der Waals surface area contributed by atoms with E-state index in [1.165, 1.54) is 17.2 Å². The van der Waals surface area contributed by atoms with E-state index in [0.717, 1.165) is 24.9 Å². The number of piperidine rings is 1. The lowest BCUT2D eigenvalue weighted by molar-refractivity contribution is -0.134. The van der Waals surface area contributed by atoms with Gasteiger partial charge in [0.25, 0.3) is 0 Å². The van der Waals surface area contributed by atoms with E-state index in [9.17, 15) is 4.79 Å². The minimum Gasteiger partial charge on any atom is -0.338 e. The Bertz CT molecular complexity index is 660. The molecule has 0 aromatic heterocycles. The largest absolute Gasteiger partial charge is 0.338 e. The maximum Gasteiger partial charge on any atom is 0.227 e. The zero-order chi connectivity index (χ0) is 15.5. The summed E-state index contributed by atoms with van der Waals surface area (Å²) in [5.74, 6) is 0.207. The van der Waals surface area contributed by atoms with Crippen LogP contribution in [-0.4, -0.2) is 29.4 Å². The second kappa shape index (κ2) is 6.49. The van der Waals surface area contributed by atoms with Gasteiger partial charge in [-0.3, -0.25) is 4.79 Å². The van der Waals surface area contributed by atoms with Gasteiger partial charge in [0.2, 0.25) is 5.91 Å². The molecular formula is C19H24N2O. The Kier molecular flexibility index (Phi) is 4.44. The van der Waals surface area contributed by atoms with E-state index in [0.29, 0.717) is 6.42 Å². The molecule has 0 spiro atoms. The highest BCUT2D eigenvalue weighted by Gasteiger charge is 2.29. The van der Waals surface area contributed by atoms with Crippen molar-refractivity contribution in [2.75, 3.05) is 6.54 Å². The van der Waals surface area contributed by atoms with E-state index in [-0.39, 0.29) is 18.0 Å². The Morgan fingerprint density at radius 2 is 2.00 bits per heavy atom. The van der Waals surface area contributed by atoms with Crippen LogP contribution in [0.15, 0.2) is 42.5 Å². The molecule has 0 radical (unpaired) electrons. The maximum atomic E-state index is 12.8. The number of amides is 1. The molecule has 22 heavy (non-hydrogen) atoms. The number of benzene rings is 2. The molecule has 1 heterocycles. The topological polar surface area (TPSA) is 46.3 Å². The minimum atomic E-state index is 0.0387. The molecule has 1 aliphatic heterocycles. The lowest BCUT2D eigenvalue weighted by atomic mass is 9.95. The predicted octanol–water partition coefficient (Wildman–Crippen LogP) is 3.11. The van der Waals surface area contributed by atoms with Crippen LogP contribution in [0.1, 0.15) is 31.7 Å². The van der Waals surface area contributed by atoms with Crippen molar-refractivity contribution < 1.29 is 4.79 Å². The van der Waals surface area contributed by atoms with Crippen molar-refractivity contribution in [3.05, 3.63) is 48.0 Å². The summed E-state index contributed by atoms with van der Waals surface area (Å²) < 4.78 is 0. The van der Waals surface area contributed by atoms with E-state index in [4.69, 9.17) is 5.73 Å². The number of carbonyl (C=O) groups is 1. The summed E-state index contributed by atoms with van der Waals surface area (Å²) in [7, 11) is 0. The molecule has 2 aromatic rings. The summed E-state index contributed by atoms with van der Waals surface area (Å²) in [6, 6.07) is 14.7. The summed E-state index contributed by atoms with van der Waals surface area (Å²) in [4.78, 5) is 14.8. The third kappa shape index (κ3) is 3.00. The van der Waals surface area contributed by atoms with Gasteiger partial charge in [0.15, 0.2) is 0 Å². The van der Waals surface area contributed by atoms with Crippen LogP contribution in [0.4, 0.5) is 0 Å². The molecule has 2 aromatic carbocycles. The van der Waals surface area contributed by atoms with Gasteiger partial charge in [0.05, 0.1) is 6.42 Å². The average molecular weight is 296 g/mol. The van der Waals surface area contributed by atoms with Gasteiger partial charge in [0, 0.05) is 18.6 Å². The first-order valence-electron chi connectivity index (χ1n) is 8.18. The van der Waals surface area contributed by atoms with Crippen LogP contribution in [0.5, 0.6) is 0 Å². The van der Waals surface area contributed by atoms with E-state index < -0.39 is 0 Å². The van der Waals surface area contributed by atoms with Crippen LogP contribution >= 0.6 is 0 Å². The number of fused-ring (bicyclic) bond motifs is 1. The minimum absolute atomic E-state index is 0.0387. The molecule has 2 unspecified atom stereocenters. The Balaban J connectivity index is 1.83. The van der Waals surface area contributed by atoms with Crippen LogP contribution in [0.25, 0.3) is 10.8 Å². The van der Waals surface area contributed by atoms with Crippen LogP contribution in [-0.2, 0) is 11.2 Å². The first kappa shape index (κ1) is 15.0. The van der Waals surface area contributed by atoms with E-state index in [1.54, 1.807) is 0 Å². The van der Waals surface area contributed by atoms with Crippen molar-refractivity contribution in [2.24, 2.45) is 5.73 Å². The summed E-state index contributed by atoms with van der Waals surface area (Å²) in [6.45, 7) is 2.85. The van der Waals surface area contributed by atoms with E-state index >= 15 is 0 Å². The Hall–Kier alpha value is -1.87. The molecule has 3 rings (SSSR count). The second-order valence-electron chi connectivity index (χ2n) is 6.32. The number of hydrogen-bond donors (Lipinski definition) is 1. The number of rotatable bonds is 3. The molecule has 116 valence electrons. The quantitative estimate of drug-likeness (QED) is 0.946. The fourth-order valence-electron chi connectivity index (χ4n) is 3.52. The summed E-state index contributed by atoms with van der Waals surface area (Å²) in [6.07, 6.45) is 3.75. The third-order valence-electron chi connectivity index (χ3n) is 4.70. The van der Waals surface area contributed by atoms with Gasteiger partial charge in [-0.1, -0.05) is 42.5 Å². The van der Waals surface area contributed by atoms with Crippen molar-refractivity contribution in [3.63, 3.8) is 0 Å². The normalized spacial score (nSPS) is 20.1. The molecule has 1 amide bonds. The van der Waals surface area contributed by atoms with Crippen molar-refractivity contribution >= 4 is 16.7 Å². The van der Waals surface area contributed by atoms with Gasteiger partial charge in [-0.25, -0.2) is 0 Å². The van der Waals surface area contributed by atoms with E-state index in [1.807, 2.05) is 30.0 Å². The van der Waals surface area contributed by atoms with Gasteiger partial charge in [-0.2, -0.15) is 0 Å². The van der Waals surface area contributed by atoms with Gasteiger partial charge in [-0.15, -0.1) is 0 Å². The van der Waals surface area contributed by atoms with Crippen LogP contribution in [0.3, 0.4) is 0 Å². The molecule has 1 saturated heterocycles. The Morgan fingerprint density at radius 3 is 2.82 bits per heavy atom. The molecular weight excluding hydrogens is 272 g/mol. The summed E-state index contributed by atoms with van der Waals surface area (Å²) in [5, 5.41) is 2.36. The molecule has 2 atom stereocenters. The molecule has 1 aliphatic rings. The van der Waals surface area contributed by atoms with E-state index in [2.05, 4.69) is 24.3 Å². The zero-order valence-corrected chi connectivity index (χ0v) is 13.2. The second-order valence-corrected chi connectivity index (χ2v) is 6.32. The van der Waals surface area contributed by atoms with Crippen LogP contribution < -0.4 is 5.73 Å². The average Bonchev–Trinajstić information content (AvgIpc) is 2.55. The van der Waals surface area contributed by atoms with Crippen LogP contribution in [0.2, 0.25) is 0 Å². The zero-order valence-electron chi connectivity index (χ0n) is 13.2. The number of likely N-dealkylation sites (tertiary alicyclic amines) is 1. The third-order valence-corrected chi connectivity index (χ3v) is 4.70. The number of carbonyl (C=O) groups excluding carboxylic acids is 1. The highest BCUT2D eigenvalue weighted by molar-refractivity contribution is 5.90. The maximum absolute atomic E-state index is 12.8. The Morgan fingerprint density at radius 1 is 1.23 bits per heavy atom. The monoisotopic (exact) mass is 296 g/mol. The molecule has 0 aliphatic carbocycles. The standard InChI is InChI=1S/C19H24N2O/c1-14(20)18-11-4-5-12-21(18)19(22)13-16-9-6-8-15-7-2-3-10-17(15)16/h2-3,6-10,14,18H,4-5,11-13,20H2,1H3. The SMILES string of the molecule is CC(N)C1CCCCN1C(=O)Cc1cccc2ccccc12. The van der Waals surface area contributed by atoms with Crippen LogP contribution in [0, 0.1) is 0 Å². The predicted molar refractivity (Wildman–Crippen MR) is 90.7 cm³/mol. The first-order chi connectivity index (χ1) is 10.7. The number of hydrogen-bond acceptors (Lipinski definition) is 2. The number of nitrogens with two attached hydrogens (primary N) is 1. The molecule has 3 heteroatoms. The Labute approximate surface area is 132 Å². The highest BCUT2D eigenvalue weighted by atomic mass is 16.2. The molecule has 1 fully saturated rings. The molecule has 3 nitrogen and oxygen atoms in total. The number of nitrogens with zero attached hydrogens (tertiary/aromatic N) is 1.